The average Bonchev–Trinajstić information content (AvgIpc) is 2.04. The van der Waals surface area contributed by atoms with E-state index in [2.05, 4.69) is 4.98 Å². The van der Waals surface area contributed by atoms with Crippen molar-refractivity contribution in [2.24, 2.45) is 0 Å². The number of anilines is 1. The minimum absolute atomic E-state index is 0.811. The molecule has 0 aromatic carbocycles. The van der Waals surface area contributed by atoms with Crippen molar-refractivity contribution in [3.8, 4) is 0 Å². The second-order valence-corrected chi connectivity index (χ2v) is 2.58. The van der Waals surface area contributed by atoms with Crippen molar-refractivity contribution in [1.29, 1.82) is 0 Å². The monoisotopic (exact) mass is 166 g/mol. The van der Waals surface area contributed by atoms with Crippen molar-refractivity contribution < 1.29 is 0 Å². The van der Waals surface area contributed by atoms with Crippen molar-refractivity contribution in [3.05, 3.63) is 23.0 Å². The Labute approximate surface area is 74.8 Å². The molecule has 1 aromatic heterocycles. The maximum Gasteiger partial charge on any atom is 0.0607 e. The largest absolute Gasteiger partial charge is 0.397 e. The summed E-state index contributed by atoms with van der Waals surface area (Å²) in [5.41, 5.74) is 9.57. The van der Waals surface area contributed by atoms with E-state index in [0.717, 1.165) is 22.6 Å². The summed E-state index contributed by atoms with van der Waals surface area (Å²) >= 11 is 0. The fourth-order valence-corrected chi connectivity index (χ4v) is 1.03. The van der Waals surface area contributed by atoms with Crippen LogP contribution in [0.2, 0.25) is 0 Å². The van der Waals surface area contributed by atoms with Crippen LogP contribution < -0.4 is 5.73 Å². The Bertz CT molecular complexity index is 231. The van der Waals surface area contributed by atoms with Crippen LogP contribution in [0.3, 0.4) is 0 Å². The van der Waals surface area contributed by atoms with Gasteiger partial charge in [-0.1, -0.05) is 13.8 Å². The summed E-state index contributed by atoms with van der Waals surface area (Å²) in [6, 6.07) is 1.99. The normalized spacial score (nSPS) is 8.75. The van der Waals surface area contributed by atoms with E-state index in [1.165, 1.54) is 0 Å². The van der Waals surface area contributed by atoms with E-state index in [1.54, 1.807) is 0 Å². The van der Waals surface area contributed by atoms with Gasteiger partial charge in [0, 0.05) is 5.69 Å². The first-order valence-corrected chi connectivity index (χ1v) is 4.31. The Balaban J connectivity index is 0.000000561. The molecule has 68 valence electrons. The number of hydrogen-bond donors (Lipinski definition) is 1. The fraction of sp³-hybridized carbons (Fsp3) is 0.500. The molecule has 1 rings (SSSR count). The molecule has 0 bridgehead atoms. The molecular weight excluding hydrogens is 148 g/mol. The number of nitrogen functional groups attached to an aromatic ring is 1. The molecular formula is C10H18N2. The summed E-state index contributed by atoms with van der Waals surface area (Å²) in [5.74, 6) is 0. The van der Waals surface area contributed by atoms with Gasteiger partial charge in [-0.2, -0.15) is 0 Å². The van der Waals surface area contributed by atoms with Crippen LogP contribution in [0.4, 0.5) is 5.69 Å². The van der Waals surface area contributed by atoms with Gasteiger partial charge in [-0.3, -0.25) is 4.98 Å². The van der Waals surface area contributed by atoms with Crippen LogP contribution in [-0.4, -0.2) is 4.98 Å². The lowest BCUT2D eigenvalue weighted by Crippen LogP contribution is -1.97. The SMILES string of the molecule is CC.Cc1cc(C)c(N)c(C)n1. The molecule has 1 heterocycles. The summed E-state index contributed by atoms with van der Waals surface area (Å²) in [4.78, 5) is 4.21. The molecule has 0 saturated heterocycles. The van der Waals surface area contributed by atoms with Crippen LogP contribution in [0.1, 0.15) is 30.8 Å². The zero-order valence-electron chi connectivity index (χ0n) is 8.60. The van der Waals surface area contributed by atoms with E-state index in [1.807, 2.05) is 40.7 Å². The van der Waals surface area contributed by atoms with E-state index < -0.39 is 0 Å². The molecule has 0 aliphatic carbocycles. The van der Waals surface area contributed by atoms with Crippen molar-refractivity contribution >= 4 is 5.69 Å². The van der Waals surface area contributed by atoms with Crippen LogP contribution >= 0.6 is 0 Å². The van der Waals surface area contributed by atoms with E-state index in [0.29, 0.717) is 0 Å². The first-order chi connectivity index (χ1) is 5.61. The number of aromatic nitrogens is 1. The second-order valence-electron chi connectivity index (χ2n) is 2.58. The highest BCUT2D eigenvalue weighted by Gasteiger charge is 1.98. The molecule has 2 N–H and O–H groups in total. The lowest BCUT2D eigenvalue weighted by molar-refractivity contribution is 1.11. The number of nitrogens with two attached hydrogens (primary N) is 1. The molecule has 2 heteroatoms. The molecule has 0 fully saturated rings. The first-order valence-electron chi connectivity index (χ1n) is 4.31. The molecule has 0 atom stereocenters. The van der Waals surface area contributed by atoms with Crippen molar-refractivity contribution in [1.82, 2.24) is 4.98 Å². The summed E-state index contributed by atoms with van der Waals surface area (Å²) in [6.45, 7) is 9.89. The highest BCUT2D eigenvalue weighted by atomic mass is 14.7. The molecule has 0 spiro atoms. The highest BCUT2D eigenvalue weighted by molar-refractivity contribution is 5.49. The van der Waals surface area contributed by atoms with Crippen molar-refractivity contribution in [2.75, 3.05) is 5.73 Å². The van der Waals surface area contributed by atoms with Crippen LogP contribution in [0.5, 0.6) is 0 Å². The summed E-state index contributed by atoms with van der Waals surface area (Å²) in [5, 5.41) is 0. The number of aryl methyl sites for hydroxylation is 3. The Hall–Kier alpha value is -1.05. The molecule has 0 aliphatic heterocycles. The molecule has 1 aromatic rings. The zero-order chi connectivity index (χ0) is 9.72. The standard InChI is InChI=1S/C8H12N2.C2H6/c1-5-4-6(2)10-7(3)8(5)9;1-2/h4H,9H2,1-3H3;1-2H3. The summed E-state index contributed by atoms with van der Waals surface area (Å²) in [6.07, 6.45) is 0. The van der Waals surface area contributed by atoms with Gasteiger partial charge in [0.05, 0.1) is 11.4 Å². The third-order valence-electron chi connectivity index (χ3n) is 1.58. The van der Waals surface area contributed by atoms with Crippen LogP contribution in [0, 0.1) is 20.8 Å². The smallest absolute Gasteiger partial charge is 0.0607 e. The van der Waals surface area contributed by atoms with Crippen molar-refractivity contribution in [3.63, 3.8) is 0 Å². The average molecular weight is 166 g/mol. The van der Waals surface area contributed by atoms with Crippen LogP contribution in [0.15, 0.2) is 6.07 Å². The number of hydrogen-bond acceptors (Lipinski definition) is 2. The van der Waals surface area contributed by atoms with E-state index in [-0.39, 0.29) is 0 Å². The number of rotatable bonds is 0. The van der Waals surface area contributed by atoms with E-state index >= 15 is 0 Å². The molecule has 0 amide bonds. The topological polar surface area (TPSA) is 38.9 Å². The number of nitrogens with zero attached hydrogens (tertiary/aromatic N) is 1. The molecule has 0 saturated carbocycles. The third kappa shape index (κ3) is 2.53. The van der Waals surface area contributed by atoms with Gasteiger partial charge in [0.15, 0.2) is 0 Å². The Morgan fingerprint density at radius 1 is 1.17 bits per heavy atom. The molecule has 0 unspecified atom stereocenters. The maximum atomic E-state index is 5.69. The fourth-order valence-electron chi connectivity index (χ4n) is 1.03. The van der Waals surface area contributed by atoms with Gasteiger partial charge in [-0.15, -0.1) is 0 Å². The minimum Gasteiger partial charge on any atom is -0.397 e. The van der Waals surface area contributed by atoms with Gasteiger partial charge in [-0.25, -0.2) is 0 Å². The van der Waals surface area contributed by atoms with Gasteiger partial charge >= 0.3 is 0 Å². The van der Waals surface area contributed by atoms with Gasteiger partial charge in [0.2, 0.25) is 0 Å². The van der Waals surface area contributed by atoms with Gasteiger partial charge in [0.25, 0.3) is 0 Å². The Morgan fingerprint density at radius 2 is 1.67 bits per heavy atom. The first kappa shape index (κ1) is 11.0. The van der Waals surface area contributed by atoms with E-state index in [9.17, 15) is 0 Å². The molecule has 0 radical (unpaired) electrons. The zero-order valence-corrected chi connectivity index (χ0v) is 8.60. The highest BCUT2D eigenvalue weighted by Crippen LogP contribution is 2.13. The maximum absolute atomic E-state index is 5.69. The van der Waals surface area contributed by atoms with E-state index in [4.69, 9.17) is 5.73 Å². The van der Waals surface area contributed by atoms with Crippen LogP contribution in [0.25, 0.3) is 0 Å². The minimum atomic E-state index is 0.811. The Morgan fingerprint density at radius 3 is 2.08 bits per heavy atom. The molecule has 0 aliphatic rings. The lowest BCUT2D eigenvalue weighted by atomic mass is 10.2. The van der Waals surface area contributed by atoms with Gasteiger partial charge in [-0.05, 0) is 32.4 Å². The molecule has 12 heavy (non-hydrogen) atoms. The predicted octanol–water partition coefficient (Wildman–Crippen LogP) is 2.62. The van der Waals surface area contributed by atoms with Crippen LogP contribution in [-0.2, 0) is 0 Å². The Kier molecular flexibility index (Phi) is 4.34. The van der Waals surface area contributed by atoms with Crippen molar-refractivity contribution in [2.45, 2.75) is 34.6 Å². The van der Waals surface area contributed by atoms with Gasteiger partial charge in [0.1, 0.15) is 0 Å². The lowest BCUT2D eigenvalue weighted by Gasteiger charge is -2.03. The molecule has 2 nitrogen and oxygen atoms in total. The predicted molar refractivity (Wildman–Crippen MR) is 54.2 cm³/mol. The summed E-state index contributed by atoms with van der Waals surface area (Å²) < 4.78 is 0. The number of pyridine rings is 1. The second kappa shape index (κ2) is 4.75. The third-order valence-corrected chi connectivity index (χ3v) is 1.58. The quantitative estimate of drug-likeness (QED) is 0.643. The summed E-state index contributed by atoms with van der Waals surface area (Å²) in [7, 11) is 0. The van der Waals surface area contributed by atoms with Gasteiger partial charge < -0.3 is 5.73 Å².